The molecule has 86 valence electrons. The number of carboxylic acid groups (broad SMARTS) is 1. The third-order valence-corrected chi connectivity index (χ3v) is 3.55. The molecule has 0 spiro atoms. The molecule has 0 amide bonds. The van der Waals surface area contributed by atoms with Gasteiger partial charge in [-0.3, -0.25) is 0 Å². The Morgan fingerprint density at radius 1 is 1.38 bits per heavy atom. The summed E-state index contributed by atoms with van der Waals surface area (Å²) in [6, 6.07) is 5.16. The highest BCUT2D eigenvalue weighted by Crippen LogP contribution is 2.17. The van der Waals surface area contributed by atoms with Gasteiger partial charge in [0.15, 0.2) is 5.69 Å². The molecule has 16 heavy (non-hydrogen) atoms. The van der Waals surface area contributed by atoms with Gasteiger partial charge in [-0.25, -0.2) is 9.78 Å². The predicted molar refractivity (Wildman–Crippen MR) is 65.4 cm³/mol. The Labute approximate surface area is 98.7 Å². The van der Waals surface area contributed by atoms with Crippen molar-refractivity contribution in [3.63, 3.8) is 0 Å². The molecule has 1 saturated heterocycles. The van der Waals surface area contributed by atoms with Crippen LogP contribution in [-0.2, 0) is 0 Å². The first-order chi connectivity index (χ1) is 7.77. The second kappa shape index (κ2) is 5.21. The van der Waals surface area contributed by atoms with Crippen molar-refractivity contribution in [3.05, 3.63) is 23.9 Å². The topological polar surface area (TPSA) is 53.4 Å². The zero-order valence-electron chi connectivity index (χ0n) is 8.93. The number of rotatable bonds is 2. The van der Waals surface area contributed by atoms with Crippen LogP contribution in [0.15, 0.2) is 18.2 Å². The molecule has 0 bridgehead atoms. The van der Waals surface area contributed by atoms with Gasteiger partial charge in [-0.1, -0.05) is 6.07 Å². The zero-order chi connectivity index (χ0) is 11.4. The molecule has 1 fully saturated rings. The molecule has 2 heterocycles. The van der Waals surface area contributed by atoms with Crippen molar-refractivity contribution in [1.29, 1.82) is 0 Å². The van der Waals surface area contributed by atoms with Crippen LogP contribution >= 0.6 is 11.8 Å². The molecule has 1 aliphatic heterocycles. The van der Waals surface area contributed by atoms with Crippen LogP contribution < -0.4 is 4.90 Å². The van der Waals surface area contributed by atoms with Crippen LogP contribution in [0.25, 0.3) is 0 Å². The van der Waals surface area contributed by atoms with E-state index >= 15 is 0 Å². The number of hydrogen-bond acceptors (Lipinski definition) is 4. The molecule has 0 aliphatic carbocycles. The van der Waals surface area contributed by atoms with Crippen molar-refractivity contribution in [1.82, 2.24) is 4.98 Å². The first-order valence-corrected chi connectivity index (χ1v) is 6.46. The number of carboxylic acids is 1. The molecule has 1 N–H and O–H groups in total. The summed E-state index contributed by atoms with van der Waals surface area (Å²) in [5.41, 5.74) is 0.120. The minimum Gasteiger partial charge on any atom is -0.477 e. The monoisotopic (exact) mass is 238 g/mol. The summed E-state index contributed by atoms with van der Waals surface area (Å²) in [5, 5.41) is 8.88. The number of anilines is 1. The standard InChI is InChI=1S/C11H14N2O2S/c14-11(15)9-3-1-4-10(12-9)13-5-2-7-16-8-6-13/h1,3-4H,2,5-8H2,(H,14,15). The number of pyridine rings is 1. The zero-order valence-corrected chi connectivity index (χ0v) is 9.74. The summed E-state index contributed by atoms with van der Waals surface area (Å²) in [6.07, 6.45) is 1.13. The van der Waals surface area contributed by atoms with E-state index in [1.54, 1.807) is 6.07 Å². The maximum Gasteiger partial charge on any atom is 0.354 e. The number of thioether (sulfide) groups is 1. The van der Waals surface area contributed by atoms with Crippen molar-refractivity contribution >= 4 is 23.5 Å². The van der Waals surface area contributed by atoms with Gasteiger partial charge in [0.1, 0.15) is 5.82 Å². The van der Waals surface area contributed by atoms with E-state index in [2.05, 4.69) is 9.88 Å². The maximum atomic E-state index is 10.8. The molecule has 0 unspecified atom stereocenters. The van der Waals surface area contributed by atoms with E-state index in [9.17, 15) is 4.79 Å². The number of carbonyl (C=O) groups is 1. The predicted octanol–water partition coefficient (Wildman–Crippen LogP) is 1.72. The normalized spacial score (nSPS) is 16.9. The number of hydrogen-bond donors (Lipinski definition) is 1. The van der Waals surface area contributed by atoms with Crippen LogP contribution in [0.1, 0.15) is 16.9 Å². The maximum absolute atomic E-state index is 10.8. The van der Waals surface area contributed by atoms with Crippen molar-refractivity contribution < 1.29 is 9.90 Å². The molecule has 0 aromatic carbocycles. The molecule has 2 rings (SSSR count). The molecule has 0 radical (unpaired) electrons. The number of aromatic nitrogens is 1. The molecule has 4 nitrogen and oxygen atoms in total. The largest absolute Gasteiger partial charge is 0.477 e. The third kappa shape index (κ3) is 2.66. The fourth-order valence-corrected chi connectivity index (χ4v) is 2.58. The number of aromatic carboxylic acids is 1. The Hall–Kier alpha value is -1.23. The molecular formula is C11H14N2O2S. The molecule has 5 heteroatoms. The first kappa shape index (κ1) is 11.3. The Balaban J connectivity index is 2.18. The molecule has 1 aromatic heterocycles. The average Bonchev–Trinajstić information content (AvgIpc) is 2.57. The fourth-order valence-electron chi connectivity index (χ4n) is 1.69. The van der Waals surface area contributed by atoms with E-state index in [4.69, 9.17) is 5.11 Å². The minimum atomic E-state index is -0.967. The highest BCUT2D eigenvalue weighted by atomic mass is 32.2. The average molecular weight is 238 g/mol. The lowest BCUT2D eigenvalue weighted by molar-refractivity contribution is 0.0690. The van der Waals surface area contributed by atoms with E-state index in [-0.39, 0.29) is 5.69 Å². The minimum absolute atomic E-state index is 0.120. The SMILES string of the molecule is O=C(O)c1cccc(N2CCCSCC2)n1. The molecule has 0 saturated carbocycles. The summed E-state index contributed by atoms with van der Waals surface area (Å²) >= 11 is 1.94. The van der Waals surface area contributed by atoms with Crippen LogP contribution in [0.5, 0.6) is 0 Å². The summed E-state index contributed by atoms with van der Waals surface area (Å²) in [6.45, 7) is 1.91. The van der Waals surface area contributed by atoms with Gasteiger partial charge in [0, 0.05) is 18.8 Å². The van der Waals surface area contributed by atoms with Crippen molar-refractivity contribution in [3.8, 4) is 0 Å². The third-order valence-electron chi connectivity index (χ3n) is 2.50. The van der Waals surface area contributed by atoms with Crippen molar-refractivity contribution in [2.75, 3.05) is 29.5 Å². The second-order valence-electron chi connectivity index (χ2n) is 3.64. The lowest BCUT2D eigenvalue weighted by Gasteiger charge is -2.21. The van der Waals surface area contributed by atoms with Gasteiger partial charge in [0.2, 0.25) is 0 Å². The Morgan fingerprint density at radius 3 is 3.06 bits per heavy atom. The highest BCUT2D eigenvalue weighted by Gasteiger charge is 2.13. The van der Waals surface area contributed by atoms with Gasteiger partial charge in [-0.15, -0.1) is 0 Å². The highest BCUT2D eigenvalue weighted by molar-refractivity contribution is 7.99. The molecular weight excluding hydrogens is 224 g/mol. The lowest BCUT2D eigenvalue weighted by Crippen LogP contribution is -2.26. The smallest absolute Gasteiger partial charge is 0.354 e. The molecule has 1 aliphatic rings. The van der Waals surface area contributed by atoms with Gasteiger partial charge in [-0.2, -0.15) is 11.8 Å². The van der Waals surface area contributed by atoms with E-state index in [1.807, 2.05) is 17.8 Å². The summed E-state index contributed by atoms with van der Waals surface area (Å²) in [4.78, 5) is 17.1. The van der Waals surface area contributed by atoms with Crippen LogP contribution in [0, 0.1) is 0 Å². The van der Waals surface area contributed by atoms with Crippen LogP contribution in [0.3, 0.4) is 0 Å². The van der Waals surface area contributed by atoms with Gasteiger partial charge in [0.05, 0.1) is 0 Å². The van der Waals surface area contributed by atoms with Gasteiger partial charge in [0.25, 0.3) is 0 Å². The van der Waals surface area contributed by atoms with Crippen molar-refractivity contribution in [2.45, 2.75) is 6.42 Å². The van der Waals surface area contributed by atoms with Gasteiger partial charge >= 0.3 is 5.97 Å². The molecule has 1 aromatic rings. The van der Waals surface area contributed by atoms with Crippen LogP contribution in [0.2, 0.25) is 0 Å². The van der Waals surface area contributed by atoms with E-state index in [1.165, 1.54) is 11.8 Å². The Bertz CT molecular complexity index is 376. The van der Waals surface area contributed by atoms with Gasteiger partial charge in [-0.05, 0) is 24.3 Å². The summed E-state index contributed by atoms with van der Waals surface area (Å²) < 4.78 is 0. The van der Waals surface area contributed by atoms with E-state index in [0.717, 1.165) is 31.1 Å². The Morgan fingerprint density at radius 2 is 2.25 bits per heavy atom. The van der Waals surface area contributed by atoms with Crippen molar-refractivity contribution in [2.24, 2.45) is 0 Å². The summed E-state index contributed by atoms with van der Waals surface area (Å²) in [5.74, 6) is 2.07. The number of nitrogens with zero attached hydrogens (tertiary/aromatic N) is 2. The van der Waals surface area contributed by atoms with Gasteiger partial charge < -0.3 is 10.0 Å². The van der Waals surface area contributed by atoms with E-state index < -0.39 is 5.97 Å². The van der Waals surface area contributed by atoms with E-state index in [0.29, 0.717) is 0 Å². The second-order valence-corrected chi connectivity index (χ2v) is 4.86. The van der Waals surface area contributed by atoms with Crippen LogP contribution in [-0.4, -0.2) is 40.7 Å². The fraction of sp³-hybridized carbons (Fsp3) is 0.455. The lowest BCUT2D eigenvalue weighted by atomic mass is 10.3. The Kier molecular flexibility index (Phi) is 3.66. The molecule has 0 atom stereocenters. The quantitative estimate of drug-likeness (QED) is 0.850. The first-order valence-electron chi connectivity index (χ1n) is 5.30. The summed E-state index contributed by atoms with van der Waals surface area (Å²) in [7, 11) is 0. The van der Waals surface area contributed by atoms with Crippen LogP contribution in [0.4, 0.5) is 5.82 Å².